The van der Waals surface area contributed by atoms with Crippen LogP contribution in [-0.4, -0.2) is 20.5 Å². The van der Waals surface area contributed by atoms with Crippen molar-refractivity contribution in [2.45, 2.75) is 4.90 Å². The van der Waals surface area contributed by atoms with Crippen LogP contribution < -0.4 is 9.46 Å². The minimum atomic E-state index is -3.87. The number of ether oxygens (including phenoxy) is 1. The Hall–Kier alpha value is -2.11. The molecule has 108 valence electrons. The largest absolute Gasteiger partial charge is 0.495 e. The van der Waals surface area contributed by atoms with E-state index in [9.17, 15) is 8.42 Å². The summed E-state index contributed by atoms with van der Waals surface area (Å²) in [5.74, 6) is 0.264. The molecule has 0 fully saturated rings. The smallest absolute Gasteiger partial charge is 0.263 e. The van der Waals surface area contributed by atoms with Gasteiger partial charge in [-0.15, -0.1) is 0 Å². The molecule has 0 unspecified atom stereocenters. The Labute approximate surface area is 130 Å². The molecule has 0 spiro atoms. The van der Waals surface area contributed by atoms with Crippen LogP contribution in [0.25, 0.3) is 0 Å². The van der Waals surface area contributed by atoms with Crippen molar-refractivity contribution in [3.05, 3.63) is 46.7 Å². The van der Waals surface area contributed by atoms with Crippen molar-refractivity contribution >= 4 is 31.6 Å². The van der Waals surface area contributed by atoms with Crippen LogP contribution in [0.1, 0.15) is 5.56 Å². The number of anilines is 1. The van der Waals surface area contributed by atoms with Crippen LogP contribution in [0, 0.1) is 11.3 Å². The second-order valence-corrected chi connectivity index (χ2v) is 6.54. The van der Waals surface area contributed by atoms with E-state index in [4.69, 9.17) is 10.00 Å². The molecule has 0 saturated heterocycles. The Morgan fingerprint density at radius 1 is 1.38 bits per heavy atom. The zero-order chi connectivity index (χ0) is 15.5. The number of hydrogen-bond donors (Lipinski definition) is 1. The van der Waals surface area contributed by atoms with Gasteiger partial charge in [0.2, 0.25) is 0 Å². The number of halogens is 1. The molecule has 0 aliphatic rings. The van der Waals surface area contributed by atoms with E-state index >= 15 is 0 Å². The first-order valence-electron chi connectivity index (χ1n) is 5.68. The fraction of sp³-hybridized carbons (Fsp3) is 0.0769. The summed E-state index contributed by atoms with van der Waals surface area (Å²) >= 11 is 3.16. The van der Waals surface area contributed by atoms with Crippen molar-refractivity contribution in [2.75, 3.05) is 11.8 Å². The maximum absolute atomic E-state index is 12.4. The average molecular weight is 368 g/mol. The predicted molar refractivity (Wildman–Crippen MR) is 80.5 cm³/mol. The quantitative estimate of drug-likeness (QED) is 0.895. The molecule has 0 radical (unpaired) electrons. The highest BCUT2D eigenvalue weighted by atomic mass is 79.9. The molecular weight excluding hydrogens is 358 g/mol. The van der Waals surface area contributed by atoms with Crippen molar-refractivity contribution in [1.29, 1.82) is 5.26 Å². The van der Waals surface area contributed by atoms with Gasteiger partial charge in [-0.2, -0.15) is 5.26 Å². The van der Waals surface area contributed by atoms with Crippen LogP contribution in [0.15, 0.2) is 46.0 Å². The van der Waals surface area contributed by atoms with Crippen LogP contribution in [0.4, 0.5) is 5.69 Å². The fourth-order valence-electron chi connectivity index (χ4n) is 1.63. The Morgan fingerprint density at radius 3 is 2.76 bits per heavy atom. The Morgan fingerprint density at radius 2 is 2.14 bits per heavy atom. The molecular formula is C13H10BrN3O3S. The lowest BCUT2D eigenvalue weighted by molar-refractivity contribution is 0.416. The van der Waals surface area contributed by atoms with Gasteiger partial charge in [0, 0.05) is 16.9 Å². The molecule has 0 bridgehead atoms. The summed E-state index contributed by atoms with van der Waals surface area (Å²) in [5.41, 5.74) is 0.267. The molecule has 0 atom stereocenters. The normalized spacial score (nSPS) is 10.7. The summed E-state index contributed by atoms with van der Waals surface area (Å²) in [7, 11) is -2.48. The van der Waals surface area contributed by atoms with E-state index in [2.05, 4.69) is 25.6 Å². The molecule has 0 aliphatic carbocycles. The lowest BCUT2D eigenvalue weighted by Gasteiger charge is -2.13. The number of hydrogen-bond acceptors (Lipinski definition) is 5. The average Bonchev–Trinajstić information content (AvgIpc) is 2.47. The van der Waals surface area contributed by atoms with Crippen molar-refractivity contribution in [1.82, 2.24) is 4.98 Å². The predicted octanol–water partition coefficient (Wildman–Crippen LogP) is 2.53. The summed E-state index contributed by atoms with van der Waals surface area (Å²) < 4.78 is 32.7. The SMILES string of the molecule is COc1cccc(C#N)c1NS(=O)(=O)c1cncc(Br)c1. The lowest BCUT2D eigenvalue weighted by atomic mass is 10.2. The van der Waals surface area contributed by atoms with E-state index < -0.39 is 10.0 Å². The standard InChI is InChI=1S/C13H10BrN3O3S/c1-20-12-4-2-3-9(6-15)13(12)17-21(18,19)11-5-10(14)7-16-8-11/h2-5,7-8,17H,1H3. The van der Waals surface area contributed by atoms with Crippen LogP contribution >= 0.6 is 15.9 Å². The third-order valence-electron chi connectivity index (χ3n) is 2.59. The number of para-hydroxylation sites is 1. The van der Waals surface area contributed by atoms with E-state index in [0.29, 0.717) is 4.47 Å². The van der Waals surface area contributed by atoms with Gasteiger partial charge >= 0.3 is 0 Å². The van der Waals surface area contributed by atoms with Crippen LogP contribution in [0.2, 0.25) is 0 Å². The summed E-state index contributed by atoms with van der Waals surface area (Å²) in [5, 5.41) is 9.09. The highest BCUT2D eigenvalue weighted by Crippen LogP contribution is 2.30. The molecule has 1 aromatic carbocycles. The Bertz CT molecular complexity index is 816. The number of sulfonamides is 1. The van der Waals surface area contributed by atoms with Crippen molar-refractivity contribution < 1.29 is 13.2 Å². The molecule has 0 aliphatic heterocycles. The van der Waals surface area contributed by atoms with Gasteiger partial charge in [-0.3, -0.25) is 9.71 Å². The first-order chi connectivity index (χ1) is 9.97. The molecule has 8 heteroatoms. The number of methoxy groups -OCH3 is 1. The minimum Gasteiger partial charge on any atom is -0.495 e. The van der Waals surface area contributed by atoms with Crippen LogP contribution in [-0.2, 0) is 10.0 Å². The second kappa shape index (κ2) is 6.11. The summed E-state index contributed by atoms with van der Waals surface area (Å²) in [4.78, 5) is 3.79. The number of rotatable bonds is 4. The number of aromatic nitrogens is 1. The van der Waals surface area contributed by atoms with E-state index in [1.807, 2.05) is 6.07 Å². The number of nitriles is 1. The van der Waals surface area contributed by atoms with Crippen molar-refractivity contribution in [2.24, 2.45) is 0 Å². The maximum Gasteiger partial charge on any atom is 0.263 e. The van der Waals surface area contributed by atoms with Gasteiger partial charge in [-0.05, 0) is 34.1 Å². The van der Waals surface area contributed by atoms with Crippen LogP contribution in [0.5, 0.6) is 5.75 Å². The number of benzene rings is 1. The summed E-state index contributed by atoms with van der Waals surface area (Å²) in [6.07, 6.45) is 2.69. The van der Waals surface area contributed by atoms with Gasteiger partial charge in [0.05, 0.1) is 12.7 Å². The third-order valence-corrected chi connectivity index (χ3v) is 4.34. The molecule has 0 saturated carbocycles. The molecule has 1 aromatic heterocycles. The highest BCUT2D eigenvalue weighted by Gasteiger charge is 2.19. The van der Waals surface area contributed by atoms with E-state index in [0.717, 1.165) is 0 Å². The molecule has 1 heterocycles. The maximum atomic E-state index is 12.4. The van der Waals surface area contributed by atoms with E-state index in [1.165, 1.54) is 31.6 Å². The van der Waals surface area contributed by atoms with Gasteiger partial charge in [-0.25, -0.2) is 8.42 Å². The van der Waals surface area contributed by atoms with E-state index in [-0.39, 0.29) is 21.9 Å². The summed E-state index contributed by atoms with van der Waals surface area (Å²) in [6.45, 7) is 0. The third kappa shape index (κ3) is 3.32. The molecule has 21 heavy (non-hydrogen) atoms. The Kier molecular flexibility index (Phi) is 4.45. The molecule has 1 N–H and O–H groups in total. The van der Waals surface area contributed by atoms with Gasteiger partial charge < -0.3 is 4.74 Å². The van der Waals surface area contributed by atoms with Crippen LogP contribution in [0.3, 0.4) is 0 Å². The summed E-state index contributed by atoms with van der Waals surface area (Å²) in [6, 6.07) is 8.01. The molecule has 2 rings (SSSR count). The first-order valence-corrected chi connectivity index (χ1v) is 7.96. The first kappa shape index (κ1) is 15.3. The number of nitrogens with zero attached hydrogens (tertiary/aromatic N) is 2. The second-order valence-electron chi connectivity index (χ2n) is 3.94. The van der Waals surface area contributed by atoms with Crippen molar-refractivity contribution in [3.63, 3.8) is 0 Å². The van der Waals surface area contributed by atoms with Crippen molar-refractivity contribution in [3.8, 4) is 11.8 Å². The lowest BCUT2D eigenvalue weighted by Crippen LogP contribution is -2.15. The minimum absolute atomic E-state index is 0.0216. The highest BCUT2D eigenvalue weighted by molar-refractivity contribution is 9.10. The number of pyridine rings is 1. The van der Waals surface area contributed by atoms with Gasteiger partial charge in [0.25, 0.3) is 10.0 Å². The van der Waals surface area contributed by atoms with Gasteiger partial charge in [-0.1, -0.05) is 6.07 Å². The molecule has 6 nitrogen and oxygen atoms in total. The topological polar surface area (TPSA) is 92.1 Å². The monoisotopic (exact) mass is 367 g/mol. The fourth-order valence-corrected chi connectivity index (χ4v) is 3.23. The zero-order valence-corrected chi connectivity index (χ0v) is 13.3. The van der Waals surface area contributed by atoms with Gasteiger partial charge in [0.15, 0.2) is 0 Å². The zero-order valence-electron chi connectivity index (χ0n) is 10.9. The van der Waals surface area contributed by atoms with E-state index in [1.54, 1.807) is 12.1 Å². The Balaban J connectivity index is 2.49. The molecule has 2 aromatic rings. The number of nitrogens with one attached hydrogen (secondary N) is 1. The molecule has 0 amide bonds. The van der Waals surface area contributed by atoms with Gasteiger partial charge in [0.1, 0.15) is 22.4 Å².